The van der Waals surface area contributed by atoms with Crippen molar-refractivity contribution < 1.29 is 19.7 Å². The lowest BCUT2D eigenvalue weighted by atomic mass is 9.79. The molecule has 0 saturated heterocycles. The molecule has 8 nitrogen and oxygen atoms in total. The number of hydroxylamine groups is 1. The van der Waals surface area contributed by atoms with Gasteiger partial charge < -0.3 is 4.74 Å². The van der Waals surface area contributed by atoms with E-state index in [-0.39, 0.29) is 11.3 Å². The van der Waals surface area contributed by atoms with Crippen molar-refractivity contribution in [3.05, 3.63) is 62.5 Å². The highest BCUT2D eigenvalue weighted by Crippen LogP contribution is 2.40. The van der Waals surface area contributed by atoms with E-state index in [0.717, 1.165) is 0 Å². The Labute approximate surface area is 144 Å². The average molecular weight is 345 g/mol. The number of hydrogen-bond donors (Lipinski definition) is 2. The third-order valence-corrected chi connectivity index (χ3v) is 4.08. The maximum absolute atomic E-state index is 12.4. The van der Waals surface area contributed by atoms with Crippen LogP contribution in [0.1, 0.15) is 32.3 Å². The molecule has 0 radical (unpaired) electrons. The van der Waals surface area contributed by atoms with Gasteiger partial charge in [-0.1, -0.05) is 12.1 Å². The van der Waals surface area contributed by atoms with Crippen molar-refractivity contribution in [2.75, 3.05) is 7.11 Å². The summed E-state index contributed by atoms with van der Waals surface area (Å²) in [5.41, 5.74) is 4.83. The third kappa shape index (κ3) is 3.43. The number of esters is 1. The van der Waals surface area contributed by atoms with Crippen LogP contribution in [-0.2, 0) is 9.53 Å². The van der Waals surface area contributed by atoms with E-state index in [1.165, 1.54) is 19.2 Å². The molecule has 1 heterocycles. The Morgan fingerprint density at radius 3 is 2.64 bits per heavy atom. The highest BCUT2D eigenvalue weighted by molar-refractivity contribution is 6.06. The summed E-state index contributed by atoms with van der Waals surface area (Å²) in [6.07, 6.45) is 0. The van der Waals surface area contributed by atoms with E-state index in [1.54, 1.807) is 32.9 Å². The van der Waals surface area contributed by atoms with Crippen LogP contribution >= 0.6 is 0 Å². The third-order valence-electron chi connectivity index (χ3n) is 4.08. The molecular formula is C17H19N3O5. The van der Waals surface area contributed by atoms with Crippen molar-refractivity contribution >= 4 is 17.4 Å². The van der Waals surface area contributed by atoms with Gasteiger partial charge >= 0.3 is 5.97 Å². The molecule has 1 aromatic rings. The van der Waals surface area contributed by atoms with Gasteiger partial charge in [0.15, 0.2) is 0 Å². The Hall–Kier alpha value is -3.00. The number of nitro benzene ring substituents is 1. The molecule has 0 bridgehead atoms. The summed E-state index contributed by atoms with van der Waals surface area (Å²) in [4.78, 5) is 27.3. The highest BCUT2D eigenvalue weighted by Gasteiger charge is 2.35. The van der Waals surface area contributed by atoms with E-state index in [9.17, 15) is 20.1 Å². The van der Waals surface area contributed by atoms with E-state index in [0.29, 0.717) is 28.2 Å². The molecule has 25 heavy (non-hydrogen) atoms. The molecule has 1 aromatic carbocycles. The topological polar surface area (TPSA) is 114 Å². The number of nitrogens with zero attached hydrogens (tertiary/aromatic N) is 2. The number of nitrogens with one attached hydrogen (secondary N) is 1. The fraction of sp³-hybridized carbons (Fsp3) is 0.294. The molecule has 8 heteroatoms. The van der Waals surface area contributed by atoms with E-state index in [2.05, 4.69) is 10.5 Å². The van der Waals surface area contributed by atoms with Crippen LogP contribution in [0.25, 0.3) is 0 Å². The van der Waals surface area contributed by atoms with Gasteiger partial charge in [-0.15, -0.1) is 0 Å². The lowest BCUT2D eigenvalue weighted by Crippen LogP contribution is -2.26. The minimum Gasteiger partial charge on any atom is -0.466 e. The number of allylic oxidation sites excluding steroid dienone is 3. The lowest BCUT2D eigenvalue weighted by Gasteiger charge is -2.28. The second-order valence-electron chi connectivity index (χ2n) is 5.62. The van der Waals surface area contributed by atoms with Crippen LogP contribution in [0.15, 0.2) is 51.8 Å². The molecule has 1 aliphatic heterocycles. The zero-order chi connectivity index (χ0) is 18.7. The van der Waals surface area contributed by atoms with Crippen molar-refractivity contribution in [3.8, 4) is 0 Å². The summed E-state index contributed by atoms with van der Waals surface area (Å²) in [6, 6.07) is 6.03. The number of non-ortho nitro benzene ring substituents is 1. The summed E-state index contributed by atoms with van der Waals surface area (Å²) in [7, 11) is 1.26. The van der Waals surface area contributed by atoms with Gasteiger partial charge in [0, 0.05) is 40.7 Å². The number of carbonyl (C=O) groups excluding carboxylic acids is 1. The van der Waals surface area contributed by atoms with Crippen molar-refractivity contribution in [1.29, 1.82) is 0 Å². The number of nitro groups is 1. The van der Waals surface area contributed by atoms with Crippen LogP contribution in [0.5, 0.6) is 0 Å². The summed E-state index contributed by atoms with van der Waals surface area (Å²) in [6.45, 7) is 5.06. The van der Waals surface area contributed by atoms with E-state index in [1.807, 2.05) is 0 Å². The smallest absolute Gasteiger partial charge is 0.336 e. The minimum atomic E-state index is -0.649. The number of hydrogen-bond acceptors (Lipinski definition) is 7. The molecule has 2 rings (SSSR count). The van der Waals surface area contributed by atoms with Gasteiger partial charge in [-0.3, -0.25) is 25.8 Å². The number of rotatable bonds is 4. The molecule has 1 atom stereocenters. The van der Waals surface area contributed by atoms with Gasteiger partial charge in [0.2, 0.25) is 0 Å². The molecule has 0 fully saturated rings. The Balaban J connectivity index is 2.78. The molecule has 0 spiro atoms. The number of carbonyl (C=O) groups is 1. The largest absolute Gasteiger partial charge is 0.466 e. The Morgan fingerprint density at radius 1 is 1.40 bits per heavy atom. The normalized spacial score (nSPS) is 19.2. The van der Waals surface area contributed by atoms with Crippen molar-refractivity contribution in [2.24, 2.45) is 4.99 Å². The molecule has 1 aliphatic rings. The molecule has 0 amide bonds. The summed E-state index contributed by atoms with van der Waals surface area (Å²) in [5.74, 6) is -1.22. The predicted molar refractivity (Wildman–Crippen MR) is 91.3 cm³/mol. The van der Waals surface area contributed by atoms with Gasteiger partial charge in [0.25, 0.3) is 5.69 Å². The van der Waals surface area contributed by atoms with Crippen LogP contribution in [0, 0.1) is 10.1 Å². The second-order valence-corrected chi connectivity index (χ2v) is 5.62. The quantitative estimate of drug-likeness (QED) is 0.493. The zero-order valence-electron chi connectivity index (χ0n) is 14.4. The molecule has 2 N–H and O–H groups in total. The summed E-state index contributed by atoms with van der Waals surface area (Å²) >= 11 is 0. The first kappa shape index (κ1) is 18.3. The van der Waals surface area contributed by atoms with Crippen molar-refractivity contribution in [3.63, 3.8) is 0 Å². The van der Waals surface area contributed by atoms with Crippen LogP contribution in [0.4, 0.5) is 5.69 Å². The van der Waals surface area contributed by atoms with Crippen LogP contribution in [0.3, 0.4) is 0 Å². The Morgan fingerprint density at radius 2 is 2.08 bits per heavy atom. The van der Waals surface area contributed by atoms with E-state index < -0.39 is 16.8 Å². The van der Waals surface area contributed by atoms with Gasteiger partial charge in [-0.05, 0) is 26.3 Å². The number of benzene rings is 1. The maximum atomic E-state index is 12.4. The number of aliphatic imine (C=N–C) groups is 1. The molecule has 0 saturated carbocycles. The van der Waals surface area contributed by atoms with Gasteiger partial charge in [0.1, 0.15) is 0 Å². The standard InChI is InChI=1S/C17H19N3O5/c1-9-14(11(3)19-22)16(15(10(2)18-9)17(21)25-4)12-6-5-7-13(8-12)20(23)24/h5-8,16,19,22H,1-4H3/b14-11-. The van der Waals surface area contributed by atoms with E-state index >= 15 is 0 Å². The lowest BCUT2D eigenvalue weighted by molar-refractivity contribution is -0.384. The Bertz CT molecular complexity index is 823. The van der Waals surface area contributed by atoms with Crippen molar-refractivity contribution in [2.45, 2.75) is 26.7 Å². The van der Waals surface area contributed by atoms with Crippen molar-refractivity contribution in [1.82, 2.24) is 5.48 Å². The molecular weight excluding hydrogens is 326 g/mol. The summed E-state index contributed by atoms with van der Waals surface area (Å²) < 4.78 is 4.88. The molecule has 0 aromatic heterocycles. The van der Waals surface area contributed by atoms with Crippen LogP contribution in [0.2, 0.25) is 0 Å². The molecule has 132 valence electrons. The first-order valence-electron chi connectivity index (χ1n) is 7.51. The highest BCUT2D eigenvalue weighted by atomic mass is 16.6. The van der Waals surface area contributed by atoms with Crippen LogP contribution in [-0.4, -0.2) is 28.9 Å². The summed E-state index contributed by atoms with van der Waals surface area (Å²) in [5, 5.41) is 20.5. The Kier molecular flexibility index (Phi) is 5.33. The zero-order valence-corrected chi connectivity index (χ0v) is 14.4. The molecule has 0 aliphatic carbocycles. The second kappa shape index (κ2) is 7.27. The number of ether oxygens (including phenoxy) is 1. The first-order chi connectivity index (χ1) is 11.8. The van der Waals surface area contributed by atoms with E-state index in [4.69, 9.17) is 4.74 Å². The van der Waals surface area contributed by atoms with Crippen LogP contribution < -0.4 is 5.48 Å². The van der Waals surface area contributed by atoms with Gasteiger partial charge in [0.05, 0.1) is 17.6 Å². The maximum Gasteiger partial charge on any atom is 0.336 e. The first-order valence-corrected chi connectivity index (χ1v) is 7.51. The minimum absolute atomic E-state index is 0.0894. The monoisotopic (exact) mass is 345 g/mol. The number of methoxy groups -OCH3 is 1. The fourth-order valence-electron chi connectivity index (χ4n) is 3.01. The SMILES string of the molecule is COC(=O)C1=C(C)N=C(C)/C(=C(\C)NO)C1c1cccc([N+](=O)[O-])c1. The average Bonchev–Trinajstić information content (AvgIpc) is 2.59. The fourth-order valence-corrected chi connectivity index (χ4v) is 3.01. The van der Waals surface area contributed by atoms with Gasteiger partial charge in [-0.2, -0.15) is 0 Å². The molecule has 1 unspecified atom stereocenters. The van der Waals surface area contributed by atoms with Gasteiger partial charge in [-0.25, -0.2) is 4.79 Å². The predicted octanol–water partition coefficient (Wildman–Crippen LogP) is 2.85.